The van der Waals surface area contributed by atoms with Crippen molar-refractivity contribution < 1.29 is 19.8 Å². The van der Waals surface area contributed by atoms with Crippen molar-refractivity contribution in [2.75, 3.05) is 13.1 Å². The molecule has 0 saturated heterocycles. The van der Waals surface area contributed by atoms with Crippen molar-refractivity contribution >= 4 is 22.6 Å². The number of benzene rings is 2. The first-order valence-corrected chi connectivity index (χ1v) is 12.7. The molecule has 1 amide bonds. The van der Waals surface area contributed by atoms with E-state index in [1.807, 2.05) is 49.1 Å². The minimum Gasteiger partial charge on any atom is -0.494 e. The van der Waals surface area contributed by atoms with Gasteiger partial charge in [-0.3, -0.25) is 9.59 Å². The third kappa shape index (κ3) is 6.62. The zero-order chi connectivity index (χ0) is 26.9. The van der Waals surface area contributed by atoms with E-state index in [0.717, 1.165) is 23.8 Å². The number of nitrogens with zero attached hydrogens (tertiary/aromatic N) is 5. The van der Waals surface area contributed by atoms with Crippen LogP contribution in [0.2, 0.25) is 0 Å². The summed E-state index contributed by atoms with van der Waals surface area (Å²) in [5.41, 5.74) is 10.7. The molecular formula is C28H35N5O4. The molecule has 1 aromatic heterocycles. The van der Waals surface area contributed by atoms with Crippen LogP contribution in [0, 0.1) is 5.92 Å². The molecule has 0 radical (unpaired) electrons. The average molecular weight is 506 g/mol. The molecule has 1 heterocycles. The Hall–Kier alpha value is -3.97. The number of aromatic nitrogens is 1. The van der Waals surface area contributed by atoms with E-state index in [9.17, 15) is 25.3 Å². The standard InChI is InChI=1S/C28H35N5O4/c1-4-13-32(14-5-2)26(34)21-11-12-22-18-33(27(35)23(22)17-21)25(16-20-9-7-6-8-10-20)24(30-31-29)15-19(3)28(36)37/h6-12,17-19,24-25,35H,4-5,13-16H2,1-3H3,(H,36,37)/t19-,24+,25+/m1/s1. The largest absolute Gasteiger partial charge is 0.494 e. The second kappa shape index (κ2) is 12.8. The molecule has 0 aliphatic carbocycles. The maximum atomic E-state index is 13.2. The van der Waals surface area contributed by atoms with Crippen LogP contribution in [0.1, 0.15) is 62.0 Å². The van der Waals surface area contributed by atoms with Crippen LogP contribution in [0.3, 0.4) is 0 Å². The van der Waals surface area contributed by atoms with Gasteiger partial charge < -0.3 is 19.7 Å². The van der Waals surface area contributed by atoms with E-state index in [1.54, 1.807) is 35.9 Å². The van der Waals surface area contributed by atoms with E-state index in [-0.39, 0.29) is 18.2 Å². The molecule has 0 bridgehead atoms. The fourth-order valence-electron chi connectivity index (χ4n) is 4.72. The Morgan fingerprint density at radius 1 is 1.11 bits per heavy atom. The van der Waals surface area contributed by atoms with Crippen LogP contribution in [-0.4, -0.2) is 50.7 Å². The van der Waals surface area contributed by atoms with Gasteiger partial charge in [0.1, 0.15) is 0 Å². The predicted molar refractivity (Wildman–Crippen MR) is 144 cm³/mol. The highest BCUT2D eigenvalue weighted by Gasteiger charge is 2.29. The van der Waals surface area contributed by atoms with E-state index < -0.39 is 24.0 Å². The number of aliphatic carboxylic acids is 1. The lowest BCUT2D eigenvalue weighted by atomic mass is 9.92. The summed E-state index contributed by atoms with van der Waals surface area (Å²) >= 11 is 0. The Morgan fingerprint density at radius 2 is 1.78 bits per heavy atom. The number of fused-ring (bicyclic) bond motifs is 1. The molecule has 0 aliphatic rings. The summed E-state index contributed by atoms with van der Waals surface area (Å²) < 4.78 is 1.65. The third-order valence-corrected chi connectivity index (χ3v) is 6.64. The highest BCUT2D eigenvalue weighted by atomic mass is 16.4. The van der Waals surface area contributed by atoms with Gasteiger partial charge in [0, 0.05) is 46.6 Å². The first kappa shape index (κ1) is 27.6. The summed E-state index contributed by atoms with van der Waals surface area (Å²) in [5.74, 6) is -1.86. The van der Waals surface area contributed by atoms with Crippen LogP contribution in [0.25, 0.3) is 21.2 Å². The molecule has 9 heteroatoms. The summed E-state index contributed by atoms with van der Waals surface area (Å²) in [7, 11) is 0. The van der Waals surface area contributed by atoms with Gasteiger partial charge in [0.25, 0.3) is 5.91 Å². The van der Waals surface area contributed by atoms with Gasteiger partial charge in [0.15, 0.2) is 5.88 Å². The average Bonchev–Trinajstić information content (AvgIpc) is 3.22. The van der Waals surface area contributed by atoms with Crippen LogP contribution >= 0.6 is 0 Å². The molecule has 0 spiro atoms. The molecule has 0 aliphatic heterocycles. The van der Waals surface area contributed by atoms with Gasteiger partial charge in [-0.25, -0.2) is 0 Å². The Bertz CT molecular complexity index is 1260. The van der Waals surface area contributed by atoms with E-state index in [0.29, 0.717) is 30.5 Å². The lowest BCUT2D eigenvalue weighted by Gasteiger charge is -2.27. The number of carbonyl (C=O) groups excluding carboxylic acids is 1. The quantitative estimate of drug-likeness (QED) is 0.163. The molecular weight excluding hydrogens is 470 g/mol. The van der Waals surface area contributed by atoms with Gasteiger partial charge in [-0.15, -0.1) is 0 Å². The molecule has 9 nitrogen and oxygen atoms in total. The topological polar surface area (TPSA) is 132 Å². The highest BCUT2D eigenvalue weighted by molar-refractivity contribution is 6.00. The number of aromatic hydroxyl groups is 1. The summed E-state index contributed by atoms with van der Waals surface area (Å²) in [6.07, 6.45) is 4.00. The fraction of sp³-hybridized carbons (Fsp3) is 0.429. The van der Waals surface area contributed by atoms with Crippen molar-refractivity contribution in [1.29, 1.82) is 0 Å². The highest BCUT2D eigenvalue weighted by Crippen LogP contribution is 2.36. The number of rotatable bonds is 13. The van der Waals surface area contributed by atoms with Crippen LogP contribution in [-0.2, 0) is 11.2 Å². The Kier molecular flexibility index (Phi) is 9.57. The van der Waals surface area contributed by atoms with E-state index in [4.69, 9.17) is 0 Å². The fourth-order valence-corrected chi connectivity index (χ4v) is 4.72. The number of azide groups is 1. The maximum absolute atomic E-state index is 13.2. The van der Waals surface area contributed by atoms with Crippen molar-refractivity contribution in [3.05, 3.63) is 76.3 Å². The minimum absolute atomic E-state index is 0.0516. The molecule has 3 atom stereocenters. The molecule has 2 N–H and O–H groups in total. The first-order valence-electron chi connectivity index (χ1n) is 12.7. The number of hydrogen-bond acceptors (Lipinski definition) is 4. The number of carbonyl (C=O) groups is 2. The van der Waals surface area contributed by atoms with E-state index in [1.165, 1.54) is 0 Å². The first-order chi connectivity index (χ1) is 17.8. The molecule has 2 aromatic carbocycles. The molecule has 0 fully saturated rings. The van der Waals surface area contributed by atoms with Crippen LogP contribution in [0.15, 0.2) is 59.8 Å². The van der Waals surface area contributed by atoms with Crippen molar-refractivity contribution in [2.24, 2.45) is 11.0 Å². The second-order valence-electron chi connectivity index (χ2n) is 9.46. The maximum Gasteiger partial charge on any atom is 0.306 e. The van der Waals surface area contributed by atoms with Gasteiger partial charge in [-0.05, 0) is 48.9 Å². The van der Waals surface area contributed by atoms with E-state index >= 15 is 0 Å². The Labute approximate surface area is 217 Å². The van der Waals surface area contributed by atoms with Crippen LogP contribution in [0.4, 0.5) is 0 Å². The summed E-state index contributed by atoms with van der Waals surface area (Å²) in [6.45, 7) is 6.95. The molecule has 3 rings (SSSR count). The zero-order valence-corrected chi connectivity index (χ0v) is 21.6. The molecule has 37 heavy (non-hydrogen) atoms. The van der Waals surface area contributed by atoms with Crippen LogP contribution in [0.5, 0.6) is 5.88 Å². The summed E-state index contributed by atoms with van der Waals surface area (Å²) in [4.78, 5) is 29.6. The van der Waals surface area contributed by atoms with E-state index in [2.05, 4.69) is 10.0 Å². The van der Waals surface area contributed by atoms with Crippen LogP contribution < -0.4 is 0 Å². The summed E-state index contributed by atoms with van der Waals surface area (Å²) in [5, 5.41) is 26.0. The zero-order valence-electron chi connectivity index (χ0n) is 21.6. The lowest BCUT2D eigenvalue weighted by molar-refractivity contribution is -0.141. The number of carboxylic acids is 1. The SMILES string of the molecule is CCCN(CCC)C(=O)c1ccc2cn([C@@H](Cc3ccccc3)[C@H](C[C@@H](C)C(=O)O)N=[N+]=[N-])c(O)c2c1. The molecule has 0 saturated carbocycles. The Balaban J connectivity index is 2.08. The summed E-state index contributed by atoms with van der Waals surface area (Å²) in [6, 6.07) is 13.6. The molecule has 196 valence electrons. The monoisotopic (exact) mass is 505 g/mol. The number of hydrogen-bond donors (Lipinski definition) is 2. The van der Waals surface area contributed by atoms with Crippen molar-refractivity contribution in [3.8, 4) is 5.88 Å². The number of carboxylic acid groups (broad SMARTS) is 1. The van der Waals surface area contributed by atoms with Gasteiger partial charge in [0.05, 0.1) is 12.0 Å². The molecule has 0 unspecified atom stereocenters. The van der Waals surface area contributed by atoms with Crippen molar-refractivity contribution in [3.63, 3.8) is 0 Å². The van der Waals surface area contributed by atoms with Crippen molar-refractivity contribution in [1.82, 2.24) is 9.47 Å². The normalized spacial score (nSPS) is 13.5. The second-order valence-corrected chi connectivity index (χ2v) is 9.46. The van der Waals surface area contributed by atoms with Crippen molar-refractivity contribution in [2.45, 2.75) is 58.5 Å². The van der Waals surface area contributed by atoms with Gasteiger partial charge >= 0.3 is 5.97 Å². The van der Waals surface area contributed by atoms with Gasteiger partial charge in [0.2, 0.25) is 0 Å². The minimum atomic E-state index is -0.981. The molecule has 3 aromatic rings. The van der Waals surface area contributed by atoms with Gasteiger partial charge in [-0.2, -0.15) is 0 Å². The van der Waals surface area contributed by atoms with Gasteiger partial charge in [-0.1, -0.05) is 62.3 Å². The third-order valence-electron chi connectivity index (χ3n) is 6.64. The smallest absolute Gasteiger partial charge is 0.306 e. The Morgan fingerprint density at radius 3 is 2.38 bits per heavy atom. The predicted octanol–water partition coefficient (Wildman–Crippen LogP) is 6.18. The number of amides is 1. The lowest BCUT2D eigenvalue weighted by Crippen LogP contribution is -2.32.